The molecule has 2 aliphatic rings. The van der Waals surface area contributed by atoms with Crippen LogP contribution in [0.3, 0.4) is 0 Å². The molecule has 0 aliphatic carbocycles. The Morgan fingerprint density at radius 3 is 1.56 bits per heavy atom. The van der Waals surface area contributed by atoms with E-state index in [1.165, 1.54) is 14.2 Å². The highest BCUT2D eigenvalue weighted by Gasteiger charge is 2.38. The van der Waals surface area contributed by atoms with Crippen LogP contribution in [0.4, 0.5) is 9.59 Å². The Morgan fingerprint density at radius 2 is 1.11 bits per heavy atom. The first-order valence-corrected chi connectivity index (χ1v) is 18.0. The first-order chi connectivity index (χ1) is 26.0. The van der Waals surface area contributed by atoms with Gasteiger partial charge in [-0.1, -0.05) is 39.5 Å². The quantitative estimate of drug-likeness (QED) is 0.251. The lowest BCUT2D eigenvalue weighted by molar-refractivity contribution is -0.136. The number of aromatic nitrogens is 4. The summed E-state index contributed by atoms with van der Waals surface area (Å²) in [5.74, 6) is 18.7. The summed E-state index contributed by atoms with van der Waals surface area (Å²) in [5.41, 5.74) is 2.78. The lowest BCUT2D eigenvalue weighted by Gasteiger charge is -2.29. The fourth-order valence-electron chi connectivity index (χ4n) is 6.50. The fourth-order valence-corrected chi connectivity index (χ4v) is 6.50. The number of methoxy groups -OCH3 is 2. The molecule has 282 valence electrons. The Bertz CT molecular complexity index is 2020. The van der Waals surface area contributed by atoms with Gasteiger partial charge in [-0.25, -0.2) is 19.6 Å². The second kappa shape index (κ2) is 18.0. The second-order valence-corrected chi connectivity index (χ2v) is 13.8. The molecule has 4 atom stereocenters. The summed E-state index contributed by atoms with van der Waals surface area (Å²) >= 11 is 0. The Kier molecular flexibility index (Phi) is 13.0. The second-order valence-electron chi connectivity index (χ2n) is 13.8. The normalized spacial score (nSPS) is 17.3. The number of nitrogens with one attached hydrogen (secondary N) is 4. The number of nitrogens with zero attached hydrogens (tertiary/aromatic N) is 4. The number of hydrogen-bond acceptors (Lipinski definition) is 8. The van der Waals surface area contributed by atoms with Crippen LogP contribution >= 0.6 is 0 Å². The largest absolute Gasteiger partial charge is 0.453 e. The van der Waals surface area contributed by atoms with Gasteiger partial charge in [0, 0.05) is 24.2 Å². The third-order valence-electron chi connectivity index (χ3n) is 9.37. The van der Waals surface area contributed by atoms with Crippen molar-refractivity contribution < 1.29 is 28.7 Å². The smallest absolute Gasteiger partial charge is 0.407 e. The average molecular weight is 735 g/mol. The molecule has 5 rings (SSSR count). The van der Waals surface area contributed by atoms with Crippen LogP contribution in [0.2, 0.25) is 0 Å². The fraction of sp³-hybridized carbons (Fsp3) is 0.450. The number of alkyl carbamates (subject to hydrolysis) is 2. The minimum atomic E-state index is -0.704. The number of H-pyrrole nitrogens is 2. The van der Waals surface area contributed by atoms with Gasteiger partial charge in [0.15, 0.2) is 0 Å². The maximum atomic E-state index is 13.4. The third kappa shape index (κ3) is 9.61. The Morgan fingerprint density at radius 1 is 0.685 bits per heavy atom. The maximum Gasteiger partial charge on any atom is 0.407 e. The molecule has 0 saturated carbocycles. The number of likely N-dealkylation sites (tertiary alicyclic amines) is 2. The summed E-state index contributed by atoms with van der Waals surface area (Å²) in [4.78, 5) is 69.5. The van der Waals surface area contributed by atoms with E-state index in [1.807, 2.05) is 52.0 Å². The van der Waals surface area contributed by atoms with Crippen molar-refractivity contribution in [2.45, 2.75) is 77.5 Å². The molecule has 54 heavy (non-hydrogen) atoms. The third-order valence-corrected chi connectivity index (χ3v) is 9.37. The van der Waals surface area contributed by atoms with Crippen LogP contribution in [0, 0.1) is 47.4 Å². The van der Waals surface area contributed by atoms with Gasteiger partial charge >= 0.3 is 12.2 Å². The van der Waals surface area contributed by atoms with Crippen LogP contribution in [-0.2, 0) is 19.1 Å². The zero-order valence-electron chi connectivity index (χ0n) is 31.4. The summed E-state index contributed by atoms with van der Waals surface area (Å²) in [6.07, 6.45) is 5.16. The number of amides is 4. The van der Waals surface area contributed by atoms with E-state index in [2.05, 4.69) is 66.1 Å². The van der Waals surface area contributed by atoms with E-state index in [1.54, 1.807) is 22.2 Å². The Labute approximate surface area is 315 Å². The molecule has 14 heteroatoms. The van der Waals surface area contributed by atoms with Gasteiger partial charge in [-0.2, -0.15) is 0 Å². The highest BCUT2D eigenvalue weighted by atomic mass is 16.5. The molecule has 4 amide bonds. The number of carbonyl (C=O) groups excluding carboxylic acids is 4. The summed E-state index contributed by atoms with van der Waals surface area (Å²) in [5, 5.41) is 5.32. The average Bonchev–Trinajstić information content (AvgIpc) is 4.00. The van der Waals surface area contributed by atoms with Crippen LogP contribution in [0.5, 0.6) is 0 Å². The van der Waals surface area contributed by atoms with Gasteiger partial charge in [-0.05, 0) is 85.5 Å². The highest BCUT2D eigenvalue weighted by Crippen LogP contribution is 2.32. The van der Waals surface area contributed by atoms with Crippen molar-refractivity contribution in [3.8, 4) is 35.5 Å². The van der Waals surface area contributed by atoms with Crippen molar-refractivity contribution in [1.82, 2.24) is 40.4 Å². The van der Waals surface area contributed by atoms with Gasteiger partial charge < -0.3 is 39.9 Å². The van der Waals surface area contributed by atoms with E-state index >= 15 is 0 Å². The number of rotatable bonds is 8. The zero-order valence-corrected chi connectivity index (χ0v) is 31.4. The minimum Gasteiger partial charge on any atom is -0.453 e. The van der Waals surface area contributed by atoms with Crippen LogP contribution in [0.1, 0.15) is 99.6 Å². The van der Waals surface area contributed by atoms with Crippen molar-refractivity contribution in [1.29, 1.82) is 0 Å². The predicted octanol–water partition coefficient (Wildman–Crippen LogP) is 4.02. The highest BCUT2D eigenvalue weighted by molar-refractivity contribution is 5.87. The molecule has 2 fully saturated rings. The van der Waals surface area contributed by atoms with E-state index in [4.69, 9.17) is 9.47 Å². The Balaban J connectivity index is 1.17. The lowest BCUT2D eigenvalue weighted by Crippen LogP contribution is -2.51. The number of hydrogen-bond donors (Lipinski definition) is 4. The van der Waals surface area contributed by atoms with E-state index in [-0.39, 0.29) is 35.7 Å². The van der Waals surface area contributed by atoms with E-state index < -0.39 is 24.3 Å². The molecule has 2 saturated heterocycles. The van der Waals surface area contributed by atoms with Crippen LogP contribution in [-0.4, -0.2) is 93.1 Å². The minimum absolute atomic E-state index is 0.116. The van der Waals surface area contributed by atoms with Crippen LogP contribution < -0.4 is 10.6 Å². The zero-order chi connectivity index (χ0) is 38.8. The first kappa shape index (κ1) is 39.0. The molecular weight excluding hydrogens is 688 g/mol. The van der Waals surface area contributed by atoms with E-state index in [9.17, 15) is 19.2 Å². The van der Waals surface area contributed by atoms with Gasteiger partial charge in [0.25, 0.3) is 0 Å². The number of benzene rings is 1. The van der Waals surface area contributed by atoms with Crippen LogP contribution in [0.15, 0.2) is 36.7 Å². The van der Waals surface area contributed by atoms with E-state index in [0.717, 1.165) is 36.8 Å². The molecule has 0 unspecified atom stereocenters. The monoisotopic (exact) mass is 734 g/mol. The molecule has 4 N–H and O–H groups in total. The Hall–Kier alpha value is -6.20. The molecule has 0 bridgehead atoms. The summed E-state index contributed by atoms with van der Waals surface area (Å²) < 4.78 is 9.43. The molecule has 14 nitrogen and oxygen atoms in total. The van der Waals surface area contributed by atoms with Crippen molar-refractivity contribution in [2.75, 3.05) is 27.3 Å². The molecular formula is C40H46N8O6. The maximum absolute atomic E-state index is 13.4. The number of imidazole rings is 2. The predicted molar refractivity (Wildman–Crippen MR) is 199 cm³/mol. The summed E-state index contributed by atoms with van der Waals surface area (Å²) in [6, 6.07) is 5.60. The van der Waals surface area contributed by atoms with Crippen molar-refractivity contribution in [2.24, 2.45) is 11.8 Å². The van der Waals surface area contributed by atoms with Gasteiger partial charge in [-0.15, -0.1) is 0 Å². The van der Waals surface area contributed by atoms with Crippen molar-refractivity contribution in [3.05, 3.63) is 70.8 Å². The topological polar surface area (TPSA) is 175 Å². The van der Waals surface area contributed by atoms with Crippen molar-refractivity contribution >= 4 is 24.0 Å². The molecule has 1 aromatic carbocycles. The number of ether oxygens (including phenoxy) is 2. The molecule has 2 aliphatic heterocycles. The molecule has 3 aromatic rings. The summed E-state index contributed by atoms with van der Waals surface area (Å²) in [7, 11) is 2.55. The summed E-state index contributed by atoms with van der Waals surface area (Å²) in [6.45, 7) is 8.66. The molecule has 4 heterocycles. The van der Waals surface area contributed by atoms with E-state index in [0.29, 0.717) is 36.1 Å². The van der Waals surface area contributed by atoms with Gasteiger partial charge in [0.2, 0.25) is 11.8 Å². The lowest BCUT2D eigenvalue weighted by atomic mass is 10.0. The standard InChI is InChI=1S/C40H46N8O6/c1-25(2)33(45-39(51)53-5)37(49)47-21-9-13-31(47)35-41-23-29(43-35)12-8-7-11-27-15-17-28(18-16-27)19-20-30-24-42-36(44-30)32-14-10-22-48(32)38(50)34(26(3)4)46-40(52)54-6/h15-18,23-26,31-34H,9-10,13-14,21-22H2,1-6H3,(H,41,43)(H,42,44)(H,45,51)(H,46,52)/t31-,32-,33-,34-/m1/s1. The molecule has 0 radical (unpaired) electrons. The molecule has 2 aromatic heterocycles. The molecule has 0 spiro atoms. The van der Waals surface area contributed by atoms with Crippen molar-refractivity contribution in [3.63, 3.8) is 0 Å². The first-order valence-electron chi connectivity index (χ1n) is 18.0. The van der Waals surface area contributed by atoms with Crippen LogP contribution in [0.25, 0.3) is 0 Å². The van der Waals surface area contributed by atoms with Gasteiger partial charge in [0.05, 0.1) is 38.7 Å². The van der Waals surface area contributed by atoms with Gasteiger partial charge in [0.1, 0.15) is 35.1 Å². The number of carbonyl (C=O) groups is 4. The number of aromatic amines is 2. The van der Waals surface area contributed by atoms with Gasteiger partial charge in [-0.3, -0.25) is 9.59 Å². The SMILES string of the molecule is COC(=O)N[C@@H](C(=O)N1CCC[C@@H]1c1ncc(C#CC#Cc2ccc(C#Cc3cnc([C@H]4CCCN4C(=O)[C@H](NC(=O)OC)C(C)C)[nH]3)cc2)[nH]1)C(C)C.